The Kier molecular flexibility index (Phi) is 4.88. The molecule has 2 aromatic rings. The van der Waals surface area contributed by atoms with Crippen molar-refractivity contribution < 1.29 is 13.6 Å². The maximum absolute atomic E-state index is 13.5. The molecule has 0 atom stereocenters. The molecular formula is C17H18F2N4O. The third-order valence-corrected chi connectivity index (χ3v) is 3.97. The van der Waals surface area contributed by atoms with Crippen molar-refractivity contribution >= 4 is 17.4 Å². The molecule has 1 aromatic carbocycles. The predicted octanol–water partition coefficient (Wildman–Crippen LogP) is 2.12. The first-order valence-electron chi connectivity index (χ1n) is 7.76. The molecule has 1 fully saturated rings. The summed E-state index contributed by atoms with van der Waals surface area (Å²) in [6.45, 7) is 2.55. The summed E-state index contributed by atoms with van der Waals surface area (Å²) < 4.78 is 26.4. The van der Waals surface area contributed by atoms with Crippen LogP contribution in [-0.4, -0.2) is 48.5 Å². The van der Waals surface area contributed by atoms with Crippen molar-refractivity contribution in [3.05, 3.63) is 54.2 Å². The van der Waals surface area contributed by atoms with Gasteiger partial charge in [0.05, 0.1) is 12.2 Å². The molecule has 2 heterocycles. The van der Waals surface area contributed by atoms with Crippen molar-refractivity contribution in [2.24, 2.45) is 0 Å². The van der Waals surface area contributed by atoms with Crippen LogP contribution in [0.4, 0.5) is 20.3 Å². The number of carbonyl (C=O) groups is 1. The highest BCUT2D eigenvalue weighted by molar-refractivity contribution is 5.81. The SMILES string of the molecule is O=C(CNc1ccc(F)cc1F)N1CCN(c2ccccn2)CC1. The summed E-state index contributed by atoms with van der Waals surface area (Å²) in [5.41, 5.74) is 0.122. The van der Waals surface area contributed by atoms with Crippen molar-refractivity contribution in [1.82, 2.24) is 9.88 Å². The molecule has 0 spiro atoms. The summed E-state index contributed by atoms with van der Waals surface area (Å²) in [5, 5.41) is 2.72. The second-order valence-electron chi connectivity index (χ2n) is 5.53. The zero-order chi connectivity index (χ0) is 16.9. The maximum atomic E-state index is 13.5. The van der Waals surface area contributed by atoms with Crippen LogP contribution in [0, 0.1) is 11.6 Å². The Morgan fingerprint density at radius 2 is 1.92 bits per heavy atom. The van der Waals surface area contributed by atoms with Crippen LogP contribution in [0.1, 0.15) is 0 Å². The van der Waals surface area contributed by atoms with Gasteiger partial charge in [-0.25, -0.2) is 13.8 Å². The molecule has 0 aliphatic carbocycles. The molecule has 1 N–H and O–H groups in total. The van der Waals surface area contributed by atoms with Crippen LogP contribution in [0.5, 0.6) is 0 Å². The zero-order valence-corrected chi connectivity index (χ0v) is 13.1. The molecule has 126 valence electrons. The fraction of sp³-hybridized carbons (Fsp3) is 0.294. The fourth-order valence-corrected chi connectivity index (χ4v) is 2.64. The number of carbonyl (C=O) groups excluding carboxylic acids is 1. The van der Waals surface area contributed by atoms with Gasteiger partial charge in [-0.3, -0.25) is 4.79 Å². The number of benzene rings is 1. The first kappa shape index (κ1) is 16.2. The van der Waals surface area contributed by atoms with Gasteiger partial charge in [-0.15, -0.1) is 0 Å². The Hall–Kier alpha value is -2.70. The average Bonchev–Trinajstić information content (AvgIpc) is 2.62. The number of hydrogen-bond acceptors (Lipinski definition) is 4. The van der Waals surface area contributed by atoms with Gasteiger partial charge in [-0.05, 0) is 24.3 Å². The lowest BCUT2D eigenvalue weighted by molar-refractivity contribution is -0.129. The van der Waals surface area contributed by atoms with E-state index in [-0.39, 0.29) is 18.1 Å². The third-order valence-electron chi connectivity index (χ3n) is 3.97. The minimum Gasteiger partial charge on any atom is -0.374 e. The van der Waals surface area contributed by atoms with E-state index in [9.17, 15) is 13.6 Å². The Morgan fingerprint density at radius 1 is 1.12 bits per heavy atom. The van der Waals surface area contributed by atoms with E-state index in [0.29, 0.717) is 26.2 Å². The van der Waals surface area contributed by atoms with E-state index < -0.39 is 11.6 Å². The Balaban J connectivity index is 1.50. The summed E-state index contributed by atoms with van der Waals surface area (Å²) in [5.74, 6) is -0.562. The van der Waals surface area contributed by atoms with Gasteiger partial charge in [0.25, 0.3) is 0 Å². The smallest absolute Gasteiger partial charge is 0.241 e. The third kappa shape index (κ3) is 3.79. The second kappa shape index (κ2) is 7.25. The van der Waals surface area contributed by atoms with Crippen molar-refractivity contribution in [2.75, 3.05) is 42.9 Å². The van der Waals surface area contributed by atoms with Gasteiger partial charge in [-0.1, -0.05) is 6.07 Å². The molecule has 1 aliphatic heterocycles. The highest BCUT2D eigenvalue weighted by Crippen LogP contribution is 2.15. The van der Waals surface area contributed by atoms with Gasteiger partial charge in [0.1, 0.15) is 17.5 Å². The predicted molar refractivity (Wildman–Crippen MR) is 87.9 cm³/mol. The lowest BCUT2D eigenvalue weighted by atomic mass is 10.2. The quantitative estimate of drug-likeness (QED) is 0.932. The summed E-state index contributed by atoms with van der Waals surface area (Å²) in [6.07, 6.45) is 1.74. The minimum atomic E-state index is -0.706. The van der Waals surface area contributed by atoms with E-state index in [2.05, 4.69) is 15.2 Å². The summed E-state index contributed by atoms with van der Waals surface area (Å²) in [4.78, 5) is 20.4. The van der Waals surface area contributed by atoms with Gasteiger partial charge in [-0.2, -0.15) is 0 Å². The Morgan fingerprint density at radius 3 is 2.58 bits per heavy atom. The van der Waals surface area contributed by atoms with Crippen LogP contribution >= 0.6 is 0 Å². The molecule has 0 bridgehead atoms. The van der Waals surface area contributed by atoms with Crippen LogP contribution in [0.15, 0.2) is 42.6 Å². The number of amides is 1. The number of piperazine rings is 1. The van der Waals surface area contributed by atoms with Gasteiger partial charge in [0, 0.05) is 38.4 Å². The molecule has 1 amide bonds. The standard InChI is InChI=1S/C17H18F2N4O/c18-13-4-5-15(14(19)11-13)21-12-17(24)23-9-7-22(8-10-23)16-3-1-2-6-20-16/h1-6,11,21H,7-10,12H2. The van der Waals surface area contributed by atoms with Gasteiger partial charge in [0.2, 0.25) is 5.91 Å². The van der Waals surface area contributed by atoms with Crippen LogP contribution in [-0.2, 0) is 4.79 Å². The molecule has 1 aliphatic rings. The topological polar surface area (TPSA) is 48.5 Å². The normalized spacial score (nSPS) is 14.6. The fourth-order valence-electron chi connectivity index (χ4n) is 2.64. The first-order valence-corrected chi connectivity index (χ1v) is 7.76. The monoisotopic (exact) mass is 332 g/mol. The largest absolute Gasteiger partial charge is 0.374 e. The van der Waals surface area contributed by atoms with E-state index >= 15 is 0 Å². The van der Waals surface area contributed by atoms with E-state index in [1.54, 1.807) is 11.1 Å². The second-order valence-corrected chi connectivity index (χ2v) is 5.53. The number of hydrogen-bond donors (Lipinski definition) is 1. The van der Waals surface area contributed by atoms with Crippen molar-refractivity contribution in [3.8, 4) is 0 Å². The van der Waals surface area contributed by atoms with Crippen molar-refractivity contribution in [3.63, 3.8) is 0 Å². The molecule has 0 radical (unpaired) electrons. The molecule has 3 rings (SSSR count). The molecule has 1 saturated heterocycles. The molecule has 1 aromatic heterocycles. The lowest BCUT2D eigenvalue weighted by Gasteiger charge is -2.35. The van der Waals surface area contributed by atoms with E-state index in [1.807, 2.05) is 18.2 Å². The van der Waals surface area contributed by atoms with E-state index in [0.717, 1.165) is 18.0 Å². The Bertz CT molecular complexity index is 703. The van der Waals surface area contributed by atoms with Crippen LogP contribution in [0.25, 0.3) is 0 Å². The highest BCUT2D eigenvalue weighted by Gasteiger charge is 2.21. The molecule has 24 heavy (non-hydrogen) atoms. The minimum absolute atomic E-state index is 0.0217. The van der Waals surface area contributed by atoms with E-state index in [4.69, 9.17) is 0 Å². The van der Waals surface area contributed by atoms with Gasteiger partial charge < -0.3 is 15.1 Å². The number of halogens is 2. The molecule has 5 nitrogen and oxygen atoms in total. The number of nitrogens with one attached hydrogen (secondary N) is 1. The Labute approximate surface area is 138 Å². The first-order chi connectivity index (χ1) is 11.6. The molecular weight excluding hydrogens is 314 g/mol. The molecule has 0 unspecified atom stereocenters. The number of nitrogens with zero attached hydrogens (tertiary/aromatic N) is 3. The molecule has 7 heteroatoms. The average molecular weight is 332 g/mol. The summed E-state index contributed by atoms with van der Waals surface area (Å²) in [7, 11) is 0. The van der Waals surface area contributed by atoms with Gasteiger partial charge >= 0.3 is 0 Å². The van der Waals surface area contributed by atoms with Gasteiger partial charge in [0.15, 0.2) is 0 Å². The van der Waals surface area contributed by atoms with Crippen LogP contribution < -0.4 is 10.2 Å². The van der Waals surface area contributed by atoms with Crippen LogP contribution in [0.3, 0.4) is 0 Å². The summed E-state index contributed by atoms with van der Waals surface area (Å²) >= 11 is 0. The number of rotatable bonds is 4. The van der Waals surface area contributed by atoms with Crippen molar-refractivity contribution in [1.29, 1.82) is 0 Å². The number of aromatic nitrogens is 1. The van der Waals surface area contributed by atoms with E-state index in [1.165, 1.54) is 6.07 Å². The molecule has 0 saturated carbocycles. The number of anilines is 2. The lowest BCUT2D eigenvalue weighted by Crippen LogP contribution is -2.50. The summed E-state index contributed by atoms with van der Waals surface area (Å²) in [6, 6.07) is 8.97. The zero-order valence-electron chi connectivity index (χ0n) is 13.1. The highest BCUT2D eigenvalue weighted by atomic mass is 19.1. The van der Waals surface area contributed by atoms with Crippen molar-refractivity contribution in [2.45, 2.75) is 0 Å². The maximum Gasteiger partial charge on any atom is 0.241 e. The van der Waals surface area contributed by atoms with Crippen LogP contribution in [0.2, 0.25) is 0 Å². The number of pyridine rings is 1.